The van der Waals surface area contributed by atoms with E-state index in [2.05, 4.69) is 42.0 Å². The van der Waals surface area contributed by atoms with Crippen LogP contribution in [0.3, 0.4) is 0 Å². The van der Waals surface area contributed by atoms with Gasteiger partial charge in [0.05, 0.1) is 11.6 Å². The second-order valence-corrected chi connectivity index (χ2v) is 10.7. The van der Waals surface area contributed by atoms with Crippen LogP contribution >= 0.6 is 15.9 Å². The molecule has 2 amide bonds. The van der Waals surface area contributed by atoms with E-state index in [-0.39, 0.29) is 22.7 Å². The molecule has 1 aliphatic rings. The molecule has 0 spiro atoms. The third kappa shape index (κ3) is 4.97. The number of hydrogen-bond donors (Lipinski definition) is 2. The molecule has 4 rings (SSSR count). The van der Waals surface area contributed by atoms with Crippen molar-refractivity contribution in [2.45, 2.75) is 39.2 Å². The Labute approximate surface area is 218 Å². The summed E-state index contributed by atoms with van der Waals surface area (Å²) in [5.74, 6) is -1.93. The van der Waals surface area contributed by atoms with E-state index in [1.807, 2.05) is 24.3 Å². The summed E-state index contributed by atoms with van der Waals surface area (Å²) in [5.41, 5.74) is 3.25. The first-order valence-electron chi connectivity index (χ1n) is 11.5. The fourth-order valence-corrected chi connectivity index (χ4v) is 4.52. The van der Waals surface area contributed by atoms with Gasteiger partial charge in [0.15, 0.2) is 0 Å². The molecular weight excluding hydrogens is 520 g/mol. The van der Waals surface area contributed by atoms with Crippen LogP contribution < -0.4 is 10.2 Å². The Morgan fingerprint density at radius 3 is 2.03 bits per heavy atom. The van der Waals surface area contributed by atoms with Gasteiger partial charge in [0.25, 0.3) is 11.7 Å². The highest BCUT2D eigenvalue weighted by Gasteiger charge is 2.47. The lowest BCUT2D eigenvalue weighted by atomic mass is 9.85. The van der Waals surface area contributed by atoms with Crippen molar-refractivity contribution in [1.82, 2.24) is 0 Å². The zero-order valence-corrected chi connectivity index (χ0v) is 22.1. The molecular formula is C29H27BrN2O4. The maximum atomic E-state index is 13.3. The topological polar surface area (TPSA) is 86.7 Å². The normalized spacial score (nSPS) is 17.4. The molecule has 1 fully saturated rings. The summed E-state index contributed by atoms with van der Waals surface area (Å²) in [6.45, 7) is 7.74. The molecule has 0 bridgehead atoms. The van der Waals surface area contributed by atoms with Crippen molar-refractivity contribution in [3.63, 3.8) is 0 Å². The molecule has 0 aromatic heterocycles. The van der Waals surface area contributed by atoms with Crippen molar-refractivity contribution in [2.24, 2.45) is 0 Å². The van der Waals surface area contributed by atoms with Crippen LogP contribution in [0.25, 0.3) is 5.76 Å². The van der Waals surface area contributed by atoms with E-state index in [0.29, 0.717) is 22.5 Å². The van der Waals surface area contributed by atoms with Gasteiger partial charge in [0.1, 0.15) is 5.76 Å². The van der Waals surface area contributed by atoms with Gasteiger partial charge in [-0.25, -0.2) is 0 Å². The number of ketones is 1. The summed E-state index contributed by atoms with van der Waals surface area (Å²) in [6.07, 6.45) is 0. The van der Waals surface area contributed by atoms with Gasteiger partial charge in [-0.1, -0.05) is 73.1 Å². The van der Waals surface area contributed by atoms with E-state index in [1.165, 1.54) is 11.8 Å². The maximum absolute atomic E-state index is 13.3. The molecule has 3 aromatic rings. The third-order valence-electron chi connectivity index (χ3n) is 6.12. The number of Topliss-reactive ketones (excluding diaryl/α,β-unsaturated/α-hetero) is 1. The Kier molecular flexibility index (Phi) is 6.87. The fraction of sp³-hybridized carbons (Fsp3) is 0.207. The SMILES string of the molecule is CC(=O)Nc1ccc(N2C(=O)C(=O)/C(=C(\O)c3ccc(Br)cc3)C2c2ccc(C(C)(C)C)cc2)cc1. The first-order chi connectivity index (χ1) is 17.0. The average Bonchev–Trinajstić information content (AvgIpc) is 3.09. The number of nitrogens with one attached hydrogen (secondary N) is 1. The quantitative estimate of drug-likeness (QED) is 0.227. The summed E-state index contributed by atoms with van der Waals surface area (Å²) < 4.78 is 0.827. The highest BCUT2D eigenvalue weighted by molar-refractivity contribution is 9.10. The lowest BCUT2D eigenvalue weighted by molar-refractivity contribution is -0.132. The van der Waals surface area contributed by atoms with Crippen LogP contribution in [-0.4, -0.2) is 22.7 Å². The molecule has 0 radical (unpaired) electrons. The highest BCUT2D eigenvalue weighted by Crippen LogP contribution is 2.42. The molecule has 36 heavy (non-hydrogen) atoms. The smallest absolute Gasteiger partial charge is 0.300 e. The molecule has 2 N–H and O–H groups in total. The number of anilines is 2. The van der Waals surface area contributed by atoms with E-state index in [4.69, 9.17) is 0 Å². The Morgan fingerprint density at radius 1 is 0.917 bits per heavy atom. The van der Waals surface area contributed by atoms with Crippen molar-refractivity contribution in [3.05, 3.63) is 99.5 Å². The Balaban J connectivity index is 1.87. The van der Waals surface area contributed by atoms with Gasteiger partial charge in [0, 0.05) is 28.3 Å². The van der Waals surface area contributed by atoms with E-state index in [1.54, 1.807) is 48.5 Å². The van der Waals surface area contributed by atoms with Crippen molar-refractivity contribution < 1.29 is 19.5 Å². The molecule has 1 heterocycles. The van der Waals surface area contributed by atoms with Gasteiger partial charge in [-0.3, -0.25) is 19.3 Å². The van der Waals surface area contributed by atoms with Gasteiger partial charge in [-0.15, -0.1) is 0 Å². The highest BCUT2D eigenvalue weighted by atomic mass is 79.9. The molecule has 1 saturated heterocycles. The lowest BCUT2D eigenvalue weighted by Crippen LogP contribution is -2.29. The number of hydrogen-bond acceptors (Lipinski definition) is 4. The number of halogens is 1. The van der Waals surface area contributed by atoms with E-state index in [0.717, 1.165) is 10.0 Å². The molecule has 1 aliphatic heterocycles. The van der Waals surface area contributed by atoms with E-state index < -0.39 is 17.7 Å². The predicted octanol–water partition coefficient (Wildman–Crippen LogP) is 6.33. The summed E-state index contributed by atoms with van der Waals surface area (Å²) in [7, 11) is 0. The second-order valence-electron chi connectivity index (χ2n) is 9.78. The fourth-order valence-electron chi connectivity index (χ4n) is 4.25. The van der Waals surface area contributed by atoms with Gasteiger partial charge >= 0.3 is 0 Å². The molecule has 0 aliphatic carbocycles. The number of benzene rings is 3. The molecule has 7 heteroatoms. The van der Waals surface area contributed by atoms with Crippen LogP contribution in [0, 0.1) is 0 Å². The molecule has 1 unspecified atom stereocenters. The van der Waals surface area contributed by atoms with Crippen LogP contribution in [0.15, 0.2) is 82.8 Å². The summed E-state index contributed by atoms with van der Waals surface area (Å²) in [4.78, 5) is 39.5. The van der Waals surface area contributed by atoms with Gasteiger partial charge in [0.2, 0.25) is 5.91 Å². The van der Waals surface area contributed by atoms with Crippen molar-refractivity contribution >= 4 is 50.7 Å². The molecule has 184 valence electrons. The van der Waals surface area contributed by atoms with Crippen LogP contribution in [0.2, 0.25) is 0 Å². The van der Waals surface area contributed by atoms with Crippen molar-refractivity contribution in [1.29, 1.82) is 0 Å². The van der Waals surface area contributed by atoms with E-state index >= 15 is 0 Å². The number of rotatable bonds is 4. The Morgan fingerprint density at radius 2 is 1.50 bits per heavy atom. The van der Waals surface area contributed by atoms with Crippen LogP contribution in [0.5, 0.6) is 0 Å². The summed E-state index contributed by atoms with van der Waals surface area (Å²) in [5, 5.41) is 13.9. The van der Waals surface area contributed by atoms with E-state index in [9.17, 15) is 19.5 Å². The van der Waals surface area contributed by atoms with Crippen LogP contribution in [0.4, 0.5) is 11.4 Å². The first-order valence-corrected chi connectivity index (χ1v) is 12.3. The van der Waals surface area contributed by atoms with Crippen LogP contribution in [0.1, 0.15) is 50.4 Å². The van der Waals surface area contributed by atoms with Crippen molar-refractivity contribution in [2.75, 3.05) is 10.2 Å². The largest absolute Gasteiger partial charge is 0.507 e. The van der Waals surface area contributed by atoms with Gasteiger partial charge in [-0.05, 0) is 52.9 Å². The molecule has 0 saturated carbocycles. The van der Waals surface area contributed by atoms with Gasteiger partial charge < -0.3 is 10.4 Å². The molecule has 1 atom stereocenters. The summed E-state index contributed by atoms with van der Waals surface area (Å²) >= 11 is 3.38. The minimum absolute atomic E-state index is 0.0248. The Bertz CT molecular complexity index is 1350. The average molecular weight is 547 g/mol. The lowest BCUT2D eigenvalue weighted by Gasteiger charge is -2.27. The monoisotopic (exact) mass is 546 g/mol. The zero-order chi connectivity index (χ0) is 26.2. The minimum atomic E-state index is -0.825. The second kappa shape index (κ2) is 9.74. The zero-order valence-electron chi connectivity index (χ0n) is 20.5. The number of amides is 2. The number of carbonyl (C=O) groups is 3. The number of nitrogens with zero attached hydrogens (tertiary/aromatic N) is 1. The first kappa shape index (κ1) is 25.4. The summed E-state index contributed by atoms with van der Waals surface area (Å²) in [6, 6.07) is 20.5. The third-order valence-corrected chi connectivity index (χ3v) is 6.65. The Hall–Kier alpha value is -3.71. The number of aliphatic hydroxyl groups is 1. The molecule has 3 aromatic carbocycles. The van der Waals surface area contributed by atoms with Gasteiger partial charge in [-0.2, -0.15) is 0 Å². The van der Waals surface area contributed by atoms with Crippen molar-refractivity contribution in [3.8, 4) is 0 Å². The number of carbonyl (C=O) groups excluding carboxylic acids is 3. The predicted molar refractivity (Wildman–Crippen MR) is 145 cm³/mol. The van der Waals surface area contributed by atoms with Crippen LogP contribution in [-0.2, 0) is 19.8 Å². The molecule has 6 nitrogen and oxygen atoms in total. The number of aliphatic hydroxyl groups excluding tert-OH is 1. The minimum Gasteiger partial charge on any atom is -0.507 e. The maximum Gasteiger partial charge on any atom is 0.300 e. The standard InChI is InChI=1S/C29H27BrN2O4/c1-17(33)31-22-13-15-23(16-14-22)32-25(18-5-9-20(10-6-18)29(2,3)4)24(27(35)28(32)36)26(34)19-7-11-21(30)12-8-19/h5-16,25,34H,1-4H3,(H,31,33)/b26-24-.